The monoisotopic (exact) mass is 276 g/mol. The zero-order chi connectivity index (χ0) is 14.7. The lowest BCUT2D eigenvalue weighted by Crippen LogP contribution is -2.11. The van der Waals surface area contributed by atoms with E-state index in [1.165, 1.54) is 0 Å². The second-order valence-electron chi connectivity index (χ2n) is 4.47. The summed E-state index contributed by atoms with van der Waals surface area (Å²) in [5.74, 6) is -0.493. The van der Waals surface area contributed by atoms with Crippen molar-refractivity contribution in [3.05, 3.63) is 66.7 Å². The molecule has 1 amide bonds. The number of nitrogens with zero attached hydrogens (tertiary/aromatic N) is 3. The van der Waals surface area contributed by atoms with Crippen LogP contribution in [0.1, 0.15) is 10.4 Å². The SMILES string of the molecule is NC(=O)c1cc(-c2cccnc2)nc(-c2cccnc2)c1. The molecular weight excluding hydrogens is 264 g/mol. The fraction of sp³-hybridized carbons (Fsp3) is 0. The number of primary amides is 1. The summed E-state index contributed by atoms with van der Waals surface area (Å²) in [7, 11) is 0. The summed E-state index contributed by atoms with van der Waals surface area (Å²) in [6.07, 6.45) is 6.76. The van der Waals surface area contributed by atoms with Crippen molar-refractivity contribution in [1.29, 1.82) is 0 Å². The Bertz CT molecular complexity index is 715. The van der Waals surface area contributed by atoms with Crippen LogP contribution in [0.15, 0.2) is 61.2 Å². The topological polar surface area (TPSA) is 81.8 Å². The molecule has 0 aliphatic rings. The second-order valence-corrected chi connectivity index (χ2v) is 4.47. The summed E-state index contributed by atoms with van der Waals surface area (Å²) in [6, 6.07) is 10.7. The molecule has 3 heterocycles. The van der Waals surface area contributed by atoms with E-state index in [-0.39, 0.29) is 0 Å². The summed E-state index contributed by atoms with van der Waals surface area (Å²) >= 11 is 0. The predicted molar refractivity (Wildman–Crippen MR) is 79.2 cm³/mol. The summed E-state index contributed by atoms with van der Waals surface area (Å²) in [4.78, 5) is 24.2. The van der Waals surface area contributed by atoms with Gasteiger partial charge in [0.2, 0.25) is 5.91 Å². The molecule has 0 radical (unpaired) electrons. The lowest BCUT2D eigenvalue weighted by molar-refractivity contribution is 0.100. The Hall–Kier alpha value is -3.08. The van der Waals surface area contributed by atoms with Gasteiger partial charge >= 0.3 is 0 Å². The highest BCUT2D eigenvalue weighted by Crippen LogP contribution is 2.23. The van der Waals surface area contributed by atoms with Gasteiger partial charge in [-0.2, -0.15) is 0 Å². The van der Waals surface area contributed by atoms with Crippen molar-refractivity contribution in [1.82, 2.24) is 15.0 Å². The average Bonchev–Trinajstić information content (AvgIpc) is 2.56. The minimum Gasteiger partial charge on any atom is -0.366 e. The zero-order valence-electron chi connectivity index (χ0n) is 11.1. The average molecular weight is 276 g/mol. The lowest BCUT2D eigenvalue weighted by Gasteiger charge is -2.07. The van der Waals surface area contributed by atoms with Crippen LogP contribution in [0, 0.1) is 0 Å². The van der Waals surface area contributed by atoms with Gasteiger partial charge in [-0.15, -0.1) is 0 Å². The standard InChI is InChI=1S/C16H12N4O/c17-16(21)13-7-14(11-3-1-5-18-9-11)20-15(8-13)12-4-2-6-19-10-12/h1-10H,(H2,17,21). The minimum atomic E-state index is -0.493. The summed E-state index contributed by atoms with van der Waals surface area (Å²) in [5.41, 5.74) is 8.77. The number of nitrogens with two attached hydrogens (primary N) is 1. The Balaban J connectivity index is 2.18. The van der Waals surface area contributed by atoms with Gasteiger partial charge in [-0.05, 0) is 36.4 Å². The molecule has 0 aliphatic carbocycles. The van der Waals surface area contributed by atoms with E-state index in [0.29, 0.717) is 17.0 Å². The van der Waals surface area contributed by atoms with Crippen molar-refractivity contribution in [3.63, 3.8) is 0 Å². The molecule has 0 aromatic carbocycles. The molecule has 0 saturated heterocycles. The van der Waals surface area contributed by atoms with Crippen LogP contribution < -0.4 is 5.73 Å². The number of amides is 1. The van der Waals surface area contributed by atoms with Gasteiger partial charge in [-0.3, -0.25) is 14.8 Å². The van der Waals surface area contributed by atoms with Gasteiger partial charge in [0.1, 0.15) is 0 Å². The summed E-state index contributed by atoms with van der Waals surface area (Å²) in [5, 5.41) is 0. The first kappa shape index (κ1) is 12.9. The van der Waals surface area contributed by atoms with Crippen molar-refractivity contribution in [2.75, 3.05) is 0 Å². The Morgan fingerprint density at radius 3 is 1.81 bits per heavy atom. The fourth-order valence-corrected chi connectivity index (χ4v) is 2.00. The fourth-order valence-electron chi connectivity index (χ4n) is 2.00. The largest absolute Gasteiger partial charge is 0.366 e. The van der Waals surface area contributed by atoms with E-state index in [0.717, 1.165) is 11.1 Å². The summed E-state index contributed by atoms with van der Waals surface area (Å²) < 4.78 is 0. The smallest absolute Gasteiger partial charge is 0.248 e. The number of carbonyl (C=O) groups is 1. The molecule has 0 fully saturated rings. The van der Waals surface area contributed by atoms with Gasteiger partial charge in [-0.1, -0.05) is 0 Å². The van der Waals surface area contributed by atoms with Crippen molar-refractivity contribution in [3.8, 4) is 22.5 Å². The number of rotatable bonds is 3. The molecule has 0 spiro atoms. The van der Waals surface area contributed by atoms with E-state index in [2.05, 4.69) is 15.0 Å². The maximum atomic E-state index is 11.5. The molecular formula is C16H12N4O. The van der Waals surface area contributed by atoms with Crippen molar-refractivity contribution < 1.29 is 4.79 Å². The Labute approximate surface area is 121 Å². The third-order valence-electron chi connectivity index (χ3n) is 3.02. The molecule has 3 aromatic heterocycles. The van der Waals surface area contributed by atoms with Crippen LogP contribution in [-0.2, 0) is 0 Å². The molecule has 5 nitrogen and oxygen atoms in total. The minimum absolute atomic E-state index is 0.405. The maximum absolute atomic E-state index is 11.5. The van der Waals surface area contributed by atoms with E-state index in [1.807, 2.05) is 24.3 Å². The number of hydrogen-bond donors (Lipinski definition) is 1. The molecule has 0 atom stereocenters. The molecule has 0 bridgehead atoms. The molecule has 21 heavy (non-hydrogen) atoms. The van der Waals surface area contributed by atoms with Crippen molar-refractivity contribution in [2.24, 2.45) is 5.73 Å². The van der Waals surface area contributed by atoms with E-state index in [9.17, 15) is 4.79 Å². The van der Waals surface area contributed by atoms with Gasteiger partial charge in [0, 0.05) is 41.5 Å². The predicted octanol–water partition coefficient (Wildman–Crippen LogP) is 2.30. The first-order valence-electron chi connectivity index (χ1n) is 6.37. The number of pyridine rings is 3. The molecule has 0 saturated carbocycles. The maximum Gasteiger partial charge on any atom is 0.248 e. The Kier molecular flexibility index (Phi) is 3.39. The highest BCUT2D eigenvalue weighted by Gasteiger charge is 2.10. The highest BCUT2D eigenvalue weighted by molar-refractivity contribution is 5.95. The van der Waals surface area contributed by atoms with Crippen LogP contribution in [0.2, 0.25) is 0 Å². The summed E-state index contributed by atoms with van der Waals surface area (Å²) in [6.45, 7) is 0. The quantitative estimate of drug-likeness (QED) is 0.795. The van der Waals surface area contributed by atoms with E-state index in [1.54, 1.807) is 36.9 Å². The van der Waals surface area contributed by atoms with Crippen molar-refractivity contribution in [2.45, 2.75) is 0 Å². The number of carbonyl (C=O) groups excluding carboxylic acids is 1. The first-order valence-corrected chi connectivity index (χ1v) is 6.37. The van der Waals surface area contributed by atoms with E-state index in [4.69, 9.17) is 5.73 Å². The molecule has 0 aliphatic heterocycles. The van der Waals surface area contributed by atoms with Crippen LogP contribution >= 0.6 is 0 Å². The third kappa shape index (κ3) is 2.76. The highest BCUT2D eigenvalue weighted by atomic mass is 16.1. The lowest BCUT2D eigenvalue weighted by atomic mass is 10.1. The molecule has 2 N–H and O–H groups in total. The van der Waals surface area contributed by atoms with E-state index < -0.39 is 5.91 Å². The van der Waals surface area contributed by atoms with Gasteiger partial charge < -0.3 is 5.73 Å². The van der Waals surface area contributed by atoms with Crippen LogP contribution in [0.3, 0.4) is 0 Å². The van der Waals surface area contributed by atoms with Crippen LogP contribution in [0.4, 0.5) is 0 Å². The van der Waals surface area contributed by atoms with Gasteiger partial charge in [0.05, 0.1) is 11.4 Å². The van der Waals surface area contributed by atoms with Crippen LogP contribution in [0.5, 0.6) is 0 Å². The first-order chi connectivity index (χ1) is 10.2. The normalized spacial score (nSPS) is 10.3. The molecule has 5 heteroatoms. The molecule has 3 aromatic rings. The van der Waals surface area contributed by atoms with Gasteiger partial charge in [-0.25, -0.2) is 4.98 Å². The van der Waals surface area contributed by atoms with Crippen molar-refractivity contribution >= 4 is 5.91 Å². The number of hydrogen-bond acceptors (Lipinski definition) is 4. The van der Waals surface area contributed by atoms with Gasteiger partial charge in [0.25, 0.3) is 0 Å². The Morgan fingerprint density at radius 1 is 0.905 bits per heavy atom. The number of aromatic nitrogens is 3. The Morgan fingerprint density at radius 2 is 1.43 bits per heavy atom. The zero-order valence-corrected chi connectivity index (χ0v) is 11.1. The van der Waals surface area contributed by atoms with E-state index >= 15 is 0 Å². The molecule has 3 rings (SSSR count). The van der Waals surface area contributed by atoms with Crippen LogP contribution in [-0.4, -0.2) is 20.9 Å². The molecule has 102 valence electrons. The van der Waals surface area contributed by atoms with Crippen LogP contribution in [0.25, 0.3) is 22.5 Å². The molecule has 0 unspecified atom stereocenters. The third-order valence-corrected chi connectivity index (χ3v) is 3.02. The second kappa shape index (κ2) is 5.50. The van der Waals surface area contributed by atoms with Gasteiger partial charge in [0.15, 0.2) is 0 Å².